The van der Waals surface area contributed by atoms with Crippen molar-refractivity contribution in [1.82, 2.24) is 14.3 Å². The molecule has 0 saturated carbocycles. The Labute approximate surface area is 155 Å². The zero-order valence-corrected chi connectivity index (χ0v) is 14.9. The van der Waals surface area contributed by atoms with E-state index in [-0.39, 0.29) is 6.42 Å². The lowest BCUT2D eigenvalue weighted by Gasteiger charge is -2.23. The van der Waals surface area contributed by atoms with Gasteiger partial charge in [-0.25, -0.2) is 9.78 Å². The highest BCUT2D eigenvalue weighted by Gasteiger charge is 2.43. The minimum Gasteiger partial charge on any atom is -0.467 e. The van der Waals surface area contributed by atoms with E-state index in [1.54, 1.807) is 30.5 Å². The molecule has 0 spiro atoms. The summed E-state index contributed by atoms with van der Waals surface area (Å²) in [5, 5.41) is 0. The number of benzene rings is 1. The monoisotopic (exact) mass is 363 g/mol. The minimum absolute atomic E-state index is 0.0826. The maximum Gasteiger partial charge on any atom is 0.329 e. The first-order valence-corrected chi connectivity index (χ1v) is 8.49. The number of aromatic nitrogens is 2. The van der Waals surface area contributed by atoms with E-state index in [9.17, 15) is 14.4 Å². The molecule has 27 heavy (non-hydrogen) atoms. The van der Waals surface area contributed by atoms with Crippen LogP contribution in [0.4, 0.5) is 0 Å². The SMILES string of the molecule is COC(=O)[C@H](Cc1cn2cccc(C)c2n1)N1C(=O)c2ccccc2C1=O. The number of imidazole rings is 1. The van der Waals surface area contributed by atoms with Crippen molar-refractivity contribution in [3.63, 3.8) is 0 Å². The number of carbonyl (C=O) groups is 3. The van der Waals surface area contributed by atoms with Crippen molar-refractivity contribution in [2.24, 2.45) is 0 Å². The topological polar surface area (TPSA) is 81.0 Å². The van der Waals surface area contributed by atoms with Gasteiger partial charge in [-0.15, -0.1) is 0 Å². The summed E-state index contributed by atoms with van der Waals surface area (Å²) in [7, 11) is 1.24. The summed E-state index contributed by atoms with van der Waals surface area (Å²) in [6.45, 7) is 1.94. The average molecular weight is 363 g/mol. The Morgan fingerprint density at radius 2 is 1.78 bits per heavy atom. The van der Waals surface area contributed by atoms with Gasteiger partial charge in [-0.1, -0.05) is 18.2 Å². The number of aryl methyl sites for hydroxylation is 1. The number of ether oxygens (including phenoxy) is 1. The van der Waals surface area contributed by atoms with Crippen LogP contribution in [0.5, 0.6) is 0 Å². The number of hydrogen-bond donors (Lipinski definition) is 0. The van der Waals surface area contributed by atoms with E-state index in [1.807, 2.05) is 29.7 Å². The van der Waals surface area contributed by atoms with Crippen LogP contribution in [-0.4, -0.2) is 45.2 Å². The predicted molar refractivity (Wildman–Crippen MR) is 96.4 cm³/mol. The van der Waals surface area contributed by atoms with Crippen molar-refractivity contribution >= 4 is 23.4 Å². The molecule has 1 aromatic carbocycles. The second-order valence-electron chi connectivity index (χ2n) is 6.42. The third-order valence-corrected chi connectivity index (χ3v) is 4.74. The molecule has 2 amide bonds. The van der Waals surface area contributed by atoms with Crippen LogP contribution < -0.4 is 0 Å². The summed E-state index contributed by atoms with van der Waals surface area (Å²) in [4.78, 5) is 43.5. The molecule has 1 atom stereocenters. The Hall–Kier alpha value is -3.48. The Bertz CT molecular complexity index is 1050. The van der Waals surface area contributed by atoms with Crippen LogP contribution in [0.15, 0.2) is 48.8 Å². The van der Waals surface area contributed by atoms with Crippen molar-refractivity contribution in [2.45, 2.75) is 19.4 Å². The van der Waals surface area contributed by atoms with E-state index >= 15 is 0 Å². The lowest BCUT2D eigenvalue weighted by molar-refractivity contribution is -0.145. The molecule has 0 unspecified atom stereocenters. The second kappa shape index (κ2) is 6.35. The van der Waals surface area contributed by atoms with Crippen LogP contribution in [-0.2, 0) is 16.0 Å². The van der Waals surface area contributed by atoms with E-state index in [4.69, 9.17) is 4.74 Å². The van der Waals surface area contributed by atoms with Crippen LogP contribution in [0.1, 0.15) is 32.0 Å². The van der Waals surface area contributed by atoms with Gasteiger partial charge in [0.15, 0.2) is 0 Å². The van der Waals surface area contributed by atoms with Crippen molar-refractivity contribution in [2.75, 3.05) is 7.11 Å². The van der Waals surface area contributed by atoms with E-state index in [0.717, 1.165) is 16.1 Å². The van der Waals surface area contributed by atoms with Gasteiger partial charge in [0.2, 0.25) is 0 Å². The van der Waals surface area contributed by atoms with E-state index in [2.05, 4.69) is 4.98 Å². The molecular formula is C20H17N3O4. The largest absolute Gasteiger partial charge is 0.467 e. The molecule has 3 aromatic rings. The molecule has 4 rings (SSSR count). The quantitative estimate of drug-likeness (QED) is 0.523. The van der Waals surface area contributed by atoms with Crippen LogP contribution in [0, 0.1) is 6.92 Å². The summed E-state index contributed by atoms with van der Waals surface area (Å²) >= 11 is 0. The number of nitrogens with zero attached hydrogens (tertiary/aromatic N) is 3. The van der Waals surface area contributed by atoms with Gasteiger partial charge in [-0.2, -0.15) is 0 Å². The minimum atomic E-state index is -1.08. The Balaban J connectivity index is 1.72. The molecule has 0 aliphatic carbocycles. The molecule has 3 heterocycles. The molecule has 0 radical (unpaired) electrons. The van der Waals surface area contributed by atoms with Gasteiger partial charge in [-0.05, 0) is 30.7 Å². The number of carbonyl (C=O) groups excluding carboxylic acids is 3. The number of imide groups is 1. The van der Waals surface area contributed by atoms with E-state index in [1.165, 1.54) is 7.11 Å². The fourth-order valence-electron chi connectivity index (χ4n) is 3.41. The first-order chi connectivity index (χ1) is 13.0. The number of pyridine rings is 1. The highest BCUT2D eigenvalue weighted by atomic mass is 16.5. The number of hydrogen-bond acceptors (Lipinski definition) is 5. The maximum atomic E-state index is 12.8. The zero-order chi connectivity index (χ0) is 19.1. The number of fused-ring (bicyclic) bond motifs is 2. The highest BCUT2D eigenvalue weighted by molar-refractivity contribution is 6.22. The molecule has 0 saturated heterocycles. The number of rotatable bonds is 4. The molecular weight excluding hydrogens is 346 g/mol. The molecule has 1 aliphatic heterocycles. The van der Waals surface area contributed by atoms with E-state index < -0.39 is 23.8 Å². The maximum absolute atomic E-state index is 12.8. The van der Waals surface area contributed by atoms with Gasteiger partial charge < -0.3 is 9.14 Å². The van der Waals surface area contributed by atoms with Crippen LogP contribution >= 0.6 is 0 Å². The van der Waals surface area contributed by atoms with Crippen molar-refractivity contribution < 1.29 is 19.1 Å². The summed E-state index contributed by atoms with van der Waals surface area (Å²) in [5.74, 6) is -1.64. The van der Waals surface area contributed by atoms with Gasteiger partial charge >= 0.3 is 5.97 Å². The third-order valence-electron chi connectivity index (χ3n) is 4.74. The molecule has 0 bridgehead atoms. The normalized spacial score (nSPS) is 14.5. The molecule has 136 valence electrons. The fourth-order valence-corrected chi connectivity index (χ4v) is 3.41. The highest BCUT2D eigenvalue weighted by Crippen LogP contribution is 2.26. The lowest BCUT2D eigenvalue weighted by Crippen LogP contribution is -2.46. The van der Waals surface area contributed by atoms with E-state index in [0.29, 0.717) is 16.8 Å². The second-order valence-corrected chi connectivity index (χ2v) is 6.42. The standard InChI is InChI=1S/C20H17N3O4/c1-12-6-5-9-22-11-13(21-17(12)22)10-16(20(26)27-2)23-18(24)14-7-3-4-8-15(14)19(23)25/h3-9,11,16H,10H2,1-2H3/t16-/m0/s1. The first kappa shape index (κ1) is 17.0. The van der Waals surface area contributed by atoms with Crippen molar-refractivity contribution in [3.8, 4) is 0 Å². The van der Waals surface area contributed by atoms with Crippen LogP contribution in [0.3, 0.4) is 0 Å². The third kappa shape index (κ3) is 2.68. The molecule has 0 N–H and O–H groups in total. The van der Waals surface area contributed by atoms with Crippen molar-refractivity contribution in [1.29, 1.82) is 0 Å². The predicted octanol–water partition coefficient (Wildman–Crippen LogP) is 2.02. The first-order valence-electron chi connectivity index (χ1n) is 8.49. The zero-order valence-electron chi connectivity index (χ0n) is 14.9. The lowest BCUT2D eigenvalue weighted by atomic mass is 10.1. The summed E-state index contributed by atoms with van der Waals surface area (Å²) in [6, 6.07) is 9.30. The van der Waals surface area contributed by atoms with Gasteiger partial charge in [0.25, 0.3) is 11.8 Å². The Kier molecular flexibility index (Phi) is 3.99. The molecule has 7 heteroatoms. The van der Waals surface area contributed by atoms with Gasteiger partial charge in [0.1, 0.15) is 11.7 Å². The number of esters is 1. The summed E-state index contributed by atoms with van der Waals surface area (Å²) in [6.07, 6.45) is 3.73. The average Bonchev–Trinajstić information content (AvgIpc) is 3.20. The summed E-state index contributed by atoms with van der Waals surface area (Å²) < 4.78 is 6.72. The molecule has 0 fully saturated rings. The smallest absolute Gasteiger partial charge is 0.329 e. The summed E-state index contributed by atoms with van der Waals surface area (Å²) in [5.41, 5.74) is 2.93. The van der Waals surface area contributed by atoms with Crippen LogP contribution in [0.25, 0.3) is 5.65 Å². The Morgan fingerprint density at radius 3 is 2.37 bits per heavy atom. The van der Waals surface area contributed by atoms with Gasteiger partial charge in [-0.3, -0.25) is 14.5 Å². The fraction of sp³-hybridized carbons (Fsp3) is 0.200. The van der Waals surface area contributed by atoms with Gasteiger partial charge in [0.05, 0.1) is 23.9 Å². The molecule has 7 nitrogen and oxygen atoms in total. The van der Waals surface area contributed by atoms with Crippen LogP contribution in [0.2, 0.25) is 0 Å². The van der Waals surface area contributed by atoms with Gasteiger partial charge in [0, 0.05) is 18.8 Å². The molecule has 2 aromatic heterocycles. The van der Waals surface area contributed by atoms with Crippen molar-refractivity contribution in [3.05, 3.63) is 71.2 Å². The molecule has 1 aliphatic rings. The number of amides is 2. The Morgan fingerprint density at radius 1 is 1.11 bits per heavy atom. The number of methoxy groups -OCH3 is 1.